The van der Waals surface area contributed by atoms with E-state index in [0.29, 0.717) is 12.8 Å². The van der Waals surface area contributed by atoms with E-state index < -0.39 is 13.4 Å². The lowest BCUT2D eigenvalue weighted by atomic mass is 9.90. The highest BCUT2D eigenvalue weighted by atomic mass is 31.2. The molecule has 4 nitrogen and oxygen atoms in total. The van der Waals surface area contributed by atoms with E-state index in [1.165, 1.54) is 25.7 Å². The lowest BCUT2D eigenvalue weighted by molar-refractivity contribution is 0.0173. The molecule has 0 rings (SSSR count). The van der Waals surface area contributed by atoms with Gasteiger partial charge in [-0.3, -0.25) is 4.52 Å². The van der Waals surface area contributed by atoms with Crippen LogP contribution in [0.1, 0.15) is 78.6 Å². The first-order chi connectivity index (χ1) is 8.39. The predicted molar refractivity (Wildman–Crippen MR) is 74.4 cm³/mol. The molecule has 5 heteroatoms. The van der Waals surface area contributed by atoms with E-state index in [-0.39, 0.29) is 0 Å². The molecular formula is C13H29O4P. The molecule has 0 unspecified atom stereocenters. The summed E-state index contributed by atoms with van der Waals surface area (Å²) >= 11 is 0. The molecule has 0 aromatic heterocycles. The Balaban J connectivity index is 4.07. The van der Waals surface area contributed by atoms with Crippen molar-refractivity contribution >= 4 is 7.82 Å². The Kier molecular flexibility index (Phi) is 9.14. The minimum atomic E-state index is -4.39. The lowest BCUT2D eigenvalue weighted by Gasteiger charge is -2.31. The second-order valence-corrected chi connectivity index (χ2v) is 6.15. The van der Waals surface area contributed by atoms with Crippen LogP contribution >= 0.6 is 7.82 Å². The van der Waals surface area contributed by atoms with Gasteiger partial charge < -0.3 is 9.79 Å². The zero-order valence-corrected chi connectivity index (χ0v) is 12.9. The third-order valence-electron chi connectivity index (χ3n) is 3.59. The zero-order chi connectivity index (χ0) is 14.1. The van der Waals surface area contributed by atoms with Crippen LogP contribution in [0.4, 0.5) is 0 Å². The van der Waals surface area contributed by atoms with Gasteiger partial charge in [-0.1, -0.05) is 59.3 Å². The zero-order valence-electron chi connectivity index (χ0n) is 12.0. The summed E-state index contributed by atoms with van der Waals surface area (Å²) in [6.07, 6.45) is 9.07. The summed E-state index contributed by atoms with van der Waals surface area (Å²) in [6.45, 7) is 6.04. The van der Waals surface area contributed by atoms with E-state index in [9.17, 15) is 4.57 Å². The molecule has 0 aromatic rings. The van der Waals surface area contributed by atoms with Crippen LogP contribution in [0.25, 0.3) is 0 Å². The third kappa shape index (κ3) is 8.25. The first-order valence-electron chi connectivity index (χ1n) is 7.15. The molecule has 0 bridgehead atoms. The lowest BCUT2D eigenvalue weighted by Crippen LogP contribution is -2.29. The normalized spacial score (nSPS) is 12.9. The maximum atomic E-state index is 11.0. The maximum absolute atomic E-state index is 11.0. The Labute approximate surface area is 111 Å². The summed E-state index contributed by atoms with van der Waals surface area (Å²) in [5.74, 6) is 0. The van der Waals surface area contributed by atoms with Gasteiger partial charge in [0, 0.05) is 0 Å². The molecular weight excluding hydrogens is 251 g/mol. The Morgan fingerprint density at radius 3 is 1.89 bits per heavy atom. The molecule has 0 aliphatic carbocycles. The quantitative estimate of drug-likeness (QED) is 0.434. The molecule has 0 aliphatic heterocycles. The van der Waals surface area contributed by atoms with Gasteiger partial charge in [0.05, 0.1) is 5.60 Å². The molecule has 0 radical (unpaired) electrons. The number of rotatable bonds is 11. The molecule has 2 N–H and O–H groups in total. The molecule has 110 valence electrons. The highest BCUT2D eigenvalue weighted by molar-refractivity contribution is 7.46. The average Bonchev–Trinajstić information content (AvgIpc) is 2.30. The first kappa shape index (κ1) is 18.1. The Morgan fingerprint density at radius 2 is 1.44 bits per heavy atom. The highest BCUT2D eigenvalue weighted by Gasteiger charge is 2.34. The standard InChI is InChI=1S/C13H29O4P/c1-4-7-8-9-10-11-12-13(5-2,6-3)17-18(14,15)16/h4-12H2,1-3H3,(H2,14,15,16). The number of phosphoric acid groups is 1. The fraction of sp³-hybridized carbons (Fsp3) is 1.00. The van der Waals surface area contributed by atoms with Gasteiger partial charge in [-0.05, 0) is 19.3 Å². The Morgan fingerprint density at radius 1 is 0.944 bits per heavy atom. The van der Waals surface area contributed by atoms with Crippen LogP contribution in [0.3, 0.4) is 0 Å². The van der Waals surface area contributed by atoms with Crippen LogP contribution in [-0.4, -0.2) is 15.4 Å². The third-order valence-corrected chi connectivity index (χ3v) is 4.21. The fourth-order valence-electron chi connectivity index (χ4n) is 2.26. The topological polar surface area (TPSA) is 66.8 Å². The smallest absolute Gasteiger partial charge is 0.303 e. The van der Waals surface area contributed by atoms with Crippen LogP contribution in [0.15, 0.2) is 0 Å². The van der Waals surface area contributed by atoms with Crippen molar-refractivity contribution in [1.29, 1.82) is 0 Å². The first-order valence-corrected chi connectivity index (χ1v) is 8.68. The molecule has 0 aromatic carbocycles. The molecule has 0 spiro atoms. The summed E-state index contributed by atoms with van der Waals surface area (Å²) in [5, 5.41) is 0. The van der Waals surface area contributed by atoms with Gasteiger partial charge >= 0.3 is 7.82 Å². The summed E-state index contributed by atoms with van der Waals surface area (Å²) < 4.78 is 16.0. The second-order valence-electron chi connectivity index (χ2n) is 4.99. The summed E-state index contributed by atoms with van der Waals surface area (Å²) in [4.78, 5) is 18.0. The van der Waals surface area contributed by atoms with Crippen LogP contribution < -0.4 is 0 Å². The van der Waals surface area contributed by atoms with Gasteiger partial charge in [0.15, 0.2) is 0 Å². The van der Waals surface area contributed by atoms with Crippen molar-refractivity contribution in [2.24, 2.45) is 0 Å². The summed E-state index contributed by atoms with van der Waals surface area (Å²) in [7, 11) is -4.39. The van der Waals surface area contributed by atoms with Gasteiger partial charge in [0.25, 0.3) is 0 Å². The van der Waals surface area contributed by atoms with E-state index in [1.54, 1.807) is 0 Å². The van der Waals surface area contributed by atoms with E-state index in [4.69, 9.17) is 14.3 Å². The van der Waals surface area contributed by atoms with Crippen molar-refractivity contribution in [3.63, 3.8) is 0 Å². The number of hydrogen-bond acceptors (Lipinski definition) is 2. The van der Waals surface area contributed by atoms with Crippen molar-refractivity contribution in [3.05, 3.63) is 0 Å². The fourth-order valence-corrected chi connectivity index (χ4v) is 3.11. The van der Waals surface area contributed by atoms with Crippen molar-refractivity contribution in [3.8, 4) is 0 Å². The molecule has 0 aliphatic rings. The van der Waals surface area contributed by atoms with Gasteiger partial charge in [-0.25, -0.2) is 4.57 Å². The molecule has 0 fully saturated rings. The SMILES string of the molecule is CCCCCCCCC(CC)(CC)OP(=O)(O)O. The van der Waals surface area contributed by atoms with Crippen LogP contribution in [0.5, 0.6) is 0 Å². The predicted octanol–water partition coefficient (Wildman–Crippen LogP) is 4.41. The second kappa shape index (κ2) is 9.08. The van der Waals surface area contributed by atoms with Crippen molar-refractivity contribution in [2.75, 3.05) is 0 Å². The van der Waals surface area contributed by atoms with Gasteiger partial charge in [0.2, 0.25) is 0 Å². The van der Waals surface area contributed by atoms with Crippen molar-refractivity contribution in [2.45, 2.75) is 84.2 Å². The molecule has 0 heterocycles. The van der Waals surface area contributed by atoms with Gasteiger partial charge in [0.1, 0.15) is 0 Å². The van der Waals surface area contributed by atoms with E-state index in [0.717, 1.165) is 19.3 Å². The van der Waals surface area contributed by atoms with Crippen LogP contribution in [-0.2, 0) is 9.09 Å². The minimum Gasteiger partial charge on any atom is -0.303 e. The molecule has 0 saturated heterocycles. The largest absolute Gasteiger partial charge is 0.470 e. The minimum absolute atomic E-state index is 0.642. The van der Waals surface area contributed by atoms with E-state index in [2.05, 4.69) is 6.92 Å². The van der Waals surface area contributed by atoms with Crippen LogP contribution in [0, 0.1) is 0 Å². The maximum Gasteiger partial charge on any atom is 0.470 e. The van der Waals surface area contributed by atoms with Crippen LogP contribution in [0.2, 0.25) is 0 Å². The molecule has 0 saturated carbocycles. The highest BCUT2D eigenvalue weighted by Crippen LogP contribution is 2.45. The molecule has 0 atom stereocenters. The van der Waals surface area contributed by atoms with E-state index in [1.807, 2.05) is 13.8 Å². The van der Waals surface area contributed by atoms with Gasteiger partial charge in [-0.2, -0.15) is 0 Å². The Bertz CT molecular complexity index is 245. The van der Waals surface area contributed by atoms with Crippen molar-refractivity contribution < 1.29 is 18.9 Å². The van der Waals surface area contributed by atoms with Gasteiger partial charge in [-0.15, -0.1) is 0 Å². The molecule has 18 heavy (non-hydrogen) atoms. The number of phosphoric ester groups is 1. The summed E-state index contributed by atoms with van der Waals surface area (Å²) in [6, 6.07) is 0. The van der Waals surface area contributed by atoms with Crippen molar-refractivity contribution in [1.82, 2.24) is 0 Å². The monoisotopic (exact) mass is 280 g/mol. The summed E-state index contributed by atoms with van der Waals surface area (Å²) in [5.41, 5.74) is -0.649. The Hall–Kier alpha value is 0.110. The number of hydrogen-bond donors (Lipinski definition) is 2. The average molecular weight is 280 g/mol. The number of unbranched alkanes of at least 4 members (excludes halogenated alkanes) is 5. The molecule has 0 amide bonds. The van der Waals surface area contributed by atoms with E-state index >= 15 is 0 Å².